The highest BCUT2D eigenvalue weighted by Gasteiger charge is 2.19. The largest absolute Gasteiger partial charge is 0.497 e. The van der Waals surface area contributed by atoms with Crippen LogP contribution in [0.5, 0.6) is 11.5 Å². The summed E-state index contributed by atoms with van der Waals surface area (Å²) < 4.78 is 12.9. The molecule has 0 spiro atoms. The summed E-state index contributed by atoms with van der Waals surface area (Å²) in [6, 6.07) is 16.0. The molecule has 1 fully saturated rings. The molecule has 3 aromatic rings. The van der Waals surface area contributed by atoms with Crippen LogP contribution in [0.1, 0.15) is 50.5 Å². The lowest BCUT2D eigenvalue weighted by molar-refractivity contribution is -0.121. The van der Waals surface area contributed by atoms with Crippen molar-refractivity contribution < 1.29 is 14.3 Å². The SMILES string of the molecule is COc1ccc(OC)c(-c2nn(-c3ccccc3)cc2CCC(=O)NC2CCCCCC2)c1. The summed E-state index contributed by atoms with van der Waals surface area (Å²) in [7, 11) is 3.30. The molecule has 4 rings (SSSR count). The maximum atomic E-state index is 12.8. The Bertz CT molecular complexity index is 1050. The average Bonchev–Trinajstić information content (AvgIpc) is 3.12. The Morgan fingerprint density at radius 2 is 1.79 bits per heavy atom. The molecule has 1 N–H and O–H groups in total. The molecular weight excluding hydrogens is 414 g/mol. The van der Waals surface area contributed by atoms with Gasteiger partial charge < -0.3 is 14.8 Å². The Morgan fingerprint density at radius 1 is 1.03 bits per heavy atom. The molecule has 0 aliphatic heterocycles. The van der Waals surface area contributed by atoms with Crippen molar-refractivity contribution in [2.75, 3.05) is 14.2 Å². The summed E-state index contributed by atoms with van der Waals surface area (Å²) in [6.45, 7) is 0. The number of para-hydroxylation sites is 1. The van der Waals surface area contributed by atoms with Crippen molar-refractivity contribution in [3.8, 4) is 28.4 Å². The van der Waals surface area contributed by atoms with E-state index in [1.807, 2.05) is 59.4 Å². The lowest BCUT2D eigenvalue weighted by Gasteiger charge is -2.16. The van der Waals surface area contributed by atoms with Crippen LogP contribution in [0, 0.1) is 0 Å². The highest BCUT2D eigenvalue weighted by atomic mass is 16.5. The quantitative estimate of drug-likeness (QED) is 0.474. The highest BCUT2D eigenvalue weighted by Crippen LogP contribution is 2.35. The fourth-order valence-corrected chi connectivity index (χ4v) is 4.50. The summed E-state index contributed by atoms with van der Waals surface area (Å²) in [5.41, 5.74) is 3.62. The number of rotatable bonds is 8. The van der Waals surface area contributed by atoms with Gasteiger partial charge in [-0.2, -0.15) is 5.10 Å². The summed E-state index contributed by atoms with van der Waals surface area (Å²) in [5.74, 6) is 1.56. The summed E-state index contributed by atoms with van der Waals surface area (Å²) in [5, 5.41) is 8.15. The van der Waals surface area contributed by atoms with E-state index in [1.54, 1.807) is 14.2 Å². The number of hydrogen-bond acceptors (Lipinski definition) is 4. The topological polar surface area (TPSA) is 65.4 Å². The second kappa shape index (κ2) is 11.0. The number of nitrogens with zero attached hydrogens (tertiary/aromatic N) is 2. The number of carbonyl (C=O) groups excluding carboxylic acids is 1. The van der Waals surface area contributed by atoms with Crippen molar-refractivity contribution in [2.45, 2.75) is 57.4 Å². The summed E-state index contributed by atoms with van der Waals surface area (Å²) in [6.07, 6.45) is 10.2. The Labute approximate surface area is 195 Å². The molecule has 174 valence electrons. The molecule has 6 heteroatoms. The zero-order valence-corrected chi connectivity index (χ0v) is 19.5. The van der Waals surface area contributed by atoms with Crippen molar-refractivity contribution >= 4 is 5.91 Å². The van der Waals surface area contributed by atoms with Crippen LogP contribution in [-0.4, -0.2) is 35.9 Å². The molecule has 1 aromatic heterocycles. The summed E-state index contributed by atoms with van der Waals surface area (Å²) in [4.78, 5) is 12.8. The fourth-order valence-electron chi connectivity index (χ4n) is 4.50. The van der Waals surface area contributed by atoms with Gasteiger partial charge in [0.15, 0.2) is 0 Å². The van der Waals surface area contributed by atoms with Crippen molar-refractivity contribution in [3.05, 3.63) is 60.3 Å². The zero-order valence-electron chi connectivity index (χ0n) is 19.5. The number of amides is 1. The van der Waals surface area contributed by atoms with Crippen LogP contribution >= 0.6 is 0 Å². The molecule has 1 aliphatic carbocycles. The monoisotopic (exact) mass is 447 g/mol. The Hall–Kier alpha value is -3.28. The summed E-state index contributed by atoms with van der Waals surface area (Å²) >= 11 is 0. The molecule has 6 nitrogen and oxygen atoms in total. The van der Waals surface area contributed by atoms with Crippen LogP contribution in [0.3, 0.4) is 0 Å². The van der Waals surface area contributed by atoms with E-state index in [0.29, 0.717) is 18.9 Å². The predicted molar refractivity (Wildman–Crippen MR) is 130 cm³/mol. The van der Waals surface area contributed by atoms with Gasteiger partial charge in [-0.3, -0.25) is 4.79 Å². The van der Waals surface area contributed by atoms with E-state index >= 15 is 0 Å². The molecule has 0 saturated heterocycles. The molecule has 0 radical (unpaired) electrons. The van der Waals surface area contributed by atoms with E-state index in [0.717, 1.165) is 46.8 Å². The van der Waals surface area contributed by atoms with Crippen molar-refractivity contribution in [1.82, 2.24) is 15.1 Å². The second-order valence-corrected chi connectivity index (χ2v) is 8.61. The van der Waals surface area contributed by atoms with Crippen molar-refractivity contribution in [3.63, 3.8) is 0 Å². The molecule has 1 aliphatic rings. The maximum absolute atomic E-state index is 12.8. The molecule has 1 amide bonds. The third-order valence-corrected chi connectivity index (χ3v) is 6.31. The number of aryl methyl sites for hydroxylation is 1. The van der Waals surface area contributed by atoms with Gasteiger partial charge in [-0.1, -0.05) is 43.9 Å². The minimum atomic E-state index is 0.109. The lowest BCUT2D eigenvalue weighted by Crippen LogP contribution is -2.34. The van der Waals surface area contributed by atoms with Crippen LogP contribution in [0.4, 0.5) is 0 Å². The number of hydrogen-bond donors (Lipinski definition) is 1. The van der Waals surface area contributed by atoms with Crippen molar-refractivity contribution in [1.29, 1.82) is 0 Å². The third kappa shape index (κ3) is 5.75. The number of benzene rings is 2. The van der Waals surface area contributed by atoms with Gasteiger partial charge in [0.1, 0.15) is 11.5 Å². The molecule has 1 saturated carbocycles. The van der Waals surface area contributed by atoms with Crippen LogP contribution in [0.2, 0.25) is 0 Å². The molecule has 1 heterocycles. The zero-order chi connectivity index (χ0) is 23.0. The van der Waals surface area contributed by atoms with Gasteiger partial charge in [0.25, 0.3) is 0 Å². The van der Waals surface area contributed by atoms with Crippen LogP contribution in [0.25, 0.3) is 16.9 Å². The molecule has 2 aromatic carbocycles. The van der Waals surface area contributed by atoms with E-state index in [1.165, 1.54) is 25.7 Å². The molecule has 0 bridgehead atoms. The van der Waals surface area contributed by atoms with Crippen LogP contribution < -0.4 is 14.8 Å². The van der Waals surface area contributed by atoms with Gasteiger partial charge in [0.05, 0.1) is 25.6 Å². The third-order valence-electron chi connectivity index (χ3n) is 6.31. The molecule has 0 atom stereocenters. The molecular formula is C27H33N3O3. The number of aromatic nitrogens is 2. The Balaban J connectivity index is 1.60. The number of nitrogens with one attached hydrogen (secondary N) is 1. The first-order chi connectivity index (χ1) is 16.2. The van der Waals surface area contributed by atoms with E-state index in [4.69, 9.17) is 14.6 Å². The first-order valence-corrected chi connectivity index (χ1v) is 11.8. The van der Waals surface area contributed by atoms with E-state index < -0.39 is 0 Å². The molecule has 0 unspecified atom stereocenters. The minimum absolute atomic E-state index is 0.109. The average molecular weight is 448 g/mol. The normalized spacial score (nSPS) is 14.5. The van der Waals surface area contributed by atoms with Gasteiger partial charge in [-0.15, -0.1) is 0 Å². The predicted octanol–water partition coefficient (Wildman–Crippen LogP) is 5.33. The lowest BCUT2D eigenvalue weighted by atomic mass is 10.0. The number of ether oxygens (including phenoxy) is 2. The Kier molecular flexibility index (Phi) is 7.66. The highest BCUT2D eigenvalue weighted by molar-refractivity contribution is 5.77. The maximum Gasteiger partial charge on any atom is 0.220 e. The van der Waals surface area contributed by atoms with Gasteiger partial charge >= 0.3 is 0 Å². The Morgan fingerprint density at radius 3 is 2.48 bits per heavy atom. The van der Waals surface area contributed by atoms with Gasteiger partial charge in [-0.05, 0) is 55.2 Å². The smallest absolute Gasteiger partial charge is 0.220 e. The second-order valence-electron chi connectivity index (χ2n) is 8.61. The molecule has 33 heavy (non-hydrogen) atoms. The standard InChI is InChI=1S/C27H33N3O3/c1-32-23-15-16-25(33-2)24(18-23)27-20(19-30(29-27)22-12-8-5-9-13-22)14-17-26(31)28-21-10-6-3-4-7-11-21/h5,8-9,12-13,15-16,18-19,21H,3-4,6-7,10-11,14,17H2,1-2H3,(H,28,31). The van der Waals surface area contributed by atoms with Gasteiger partial charge in [0, 0.05) is 24.2 Å². The van der Waals surface area contributed by atoms with E-state index in [-0.39, 0.29) is 5.91 Å². The van der Waals surface area contributed by atoms with Crippen LogP contribution in [0.15, 0.2) is 54.7 Å². The fraction of sp³-hybridized carbons (Fsp3) is 0.407. The first-order valence-electron chi connectivity index (χ1n) is 11.8. The van der Waals surface area contributed by atoms with Crippen LogP contribution in [-0.2, 0) is 11.2 Å². The van der Waals surface area contributed by atoms with Gasteiger partial charge in [0.2, 0.25) is 5.91 Å². The van der Waals surface area contributed by atoms with E-state index in [2.05, 4.69) is 5.32 Å². The van der Waals surface area contributed by atoms with Gasteiger partial charge in [-0.25, -0.2) is 4.68 Å². The number of methoxy groups -OCH3 is 2. The van der Waals surface area contributed by atoms with E-state index in [9.17, 15) is 4.79 Å². The minimum Gasteiger partial charge on any atom is -0.497 e. The first kappa shape index (κ1) is 22.9. The number of carbonyl (C=O) groups is 1. The van der Waals surface area contributed by atoms with Crippen molar-refractivity contribution in [2.24, 2.45) is 0 Å².